The predicted molar refractivity (Wildman–Crippen MR) is 119 cm³/mol. The number of nitrogens with zero attached hydrogens (tertiary/aromatic N) is 4. The van der Waals surface area contributed by atoms with Crippen molar-refractivity contribution < 1.29 is 18.7 Å². The van der Waals surface area contributed by atoms with Gasteiger partial charge in [-0.05, 0) is 55.5 Å². The van der Waals surface area contributed by atoms with Crippen LogP contribution in [0.3, 0.4) is 0 Å². The molecular weight excluding hydrogens is 408 g/mol. The van der Waals surface area contributed by atoms with Gasteiger partial charge in [-0.15, -0.1) is 0 Å². The van der Waals surface area contributed by atoms with E-state index < -0.39 is 0 Å². The summed E-state index contributed by atoms with van der Waals surface area (Å²) >= 11 is 0. The van der Waals surface area contributed by atoms with Crippen LogP contribution in [0, 0.1) is 11.3 Å². The Bertz CT molecular complexity index is 1110. The number of amides is 1. The lowest BCUT2D eigenvalue weighted by atomic mass is 10.1. The molecule has 1 fully saturated rings. The van der Waals surface area contributed by atoms with Crippen molar-refractivity contribution in [3.05, 3.63) is 59.8 Å². The SMILES string of the molecule is CCOc1ccc(C(=O)N2CCN(c3oc(-c4ccc(OC)cc4)nc3C#N)CC2)cc1. The molecule has 4 rings (SSSR count). The van der Waals surface area contributed by atoms with Crippen LogP contribution in [0.1, 0.15) is 23.0 Å². The number of hydrogen-bond donors (Lipinski definition) is 0. The summed E-state index contributed by atoms with van der Waals surface area (Å²) in [5.74, 6) is 2.27. The predicted octanol–water partition coefficient (Wildman–Crippen LogP) is 3.58. The number of carbonyl (C=O) groups is 1. The van der Waals surface area contributed by atoms with Crippen LogP contribution in [0.15, 0.2) is 52.9 Å². The van der Waals surface area contributed by atoms with E-state index in [1.165, 1.54) is 0 Å². The average Bonchev–Trinajstić information content (AvgIpc) is 3.29. The van der Waals surface area contributed by atoms with Crippen molar-refractivity contribution >= 4 is 11.8 Å². The van der Waals surface area contributed by atoms with E-state index in [9.17, 15) is 10.1 Å². The maximum absolute atomic E-state index is 12.8. The number of benzene rings is 2. The molecule has 1 aromatic heterocycles. The lowest BCUT2D eigenvalue weighted by molar-refractivity contribution is 0.0745. The highest BCUT2D eigenvalue weighted by Crippen LogP contribution is 2.30. The maximum atomic E-state index is 12.8. The fourth-order valence-electron chi connectivity index (χ4n) is 3.61. The van der Waals surface area contributed by atoms with Gasteiger partial charge >= 0.3 is 0 Å². The maximum Gasteiger partial charge on any atom is 0.253 e. The zero-order valence-corrected chi connectivity index (χ0v) is 18.1. The number of aromatic nitrogens is 1. The number of anilines is 1. The van der Waals surface area contributed by atoms with Crippen molar-refractivity contribution in [2.24, 2.45) is 0 Å². The quantitative estimate of drug-likeness (QED) is 0.588. The Balaban J connectivity index is 1.44. The summed E-state index contributed by atoms with van der Waals surface area (Å²) in [6, 6.07) is 16.6. The van der Waals surface area contributed by atoms with Crippen LogP contribution in [0.2, 0.25) is 0 Å². The molecule has 0 N–H and O–H groups in total. The Morgan fingerprint density at radius 3 is 2.31 bits per heavy atom. The second-order valence-electron chi connectivity index (χ2n) is 7.25. The topological polar surface area (TPSA) is 91.8 Å². The molecule has 0 atom stereocenters. The molecule has 1 saturated heterocycles. The van der Waals surface area contributed by atoms with Gasteiger partial charge in [-0.1, -0.05) is 0 Å². The van der Waals surface area contributed by atoms with E-state index in [0.29, 0.717) is 50.1 Å². The van der Waals surface area contributed by atoms with Crippen LogP contribution in [-0.2, 0) is 0 Å². The van der Waals surface area contributed by atoms with E-state index in [1.807, 2.05) is 36.1 Å². The molecule has 164 valence electrons. The van der Waals surface area contributed by atoms with Gasteiger partial charge in [-0.3, -0.25) is 4.79 Å². The molecule has 0 unspecified atom stereocenters. The number of ether oxygens (including phenoxy) is 2. The van der Waals surface area contributed by atoms with E-state index >= 15 is 0 Å². The number of nitriles is 1. The van der Waals surface area contributed by atoms with Gasteiger partial charge in [0, 0.05) is 37.3 Å². The number of rotatable bonds is 6. The van der Waals surface area contributed by atoms with Gasteiger partial charge in [0.25, 0.3) is 5.91 Å². The fraction of sp³-hybridized carbons (Fsp3) is 0.292. The molecule has 2 heterocycles. The van der Waals surface area contributed by atoms with E-state index in [4.69, 9.17) is 13.9 Å². The summed E-state index contributed by atoms with van der Waals surface area (Å²) in [4.78, 5) is 21.0. The first kappa shape index (κ1) is 21.2. The third-order valence-electron chi connectivity index (χ3n) is 5.32. The Labute approximate surface area is 186 Å². The van der Waals surface area contributed by atoms with Crippen LogP contribution in [0.25, 0.3) is 11.5 Å². The van der Waals surface area contributed by atoms with Crippen LogP contribution in [0.5, 0.6) is 11.5 Å². The smallest absolute Gasteiger partial charge is 0.253 e. The summed E-state index contributed by atoms with van der Waals surface area (Å²) in [5.41, 5.74) is 1.63. The summed E-state index contributed by atoms with van der Waals surface area (Å²) in [5, 5.41) is 9.55. The lowest BCUT2D eigenvalue weighted by Crippen LogP contribution is -2.48. The van der Waals surface area contributed by atoms with Gasteiger partial charge in [0.2, 0.25) is 17.5 Å². The summed E-state index contributed by atoms with van der Waals surface area (Å²) in [6.45, 7) is 4.65. The molecule has 32 heavy (non-hydrogen) atoms. The van der Waals surface area contributed by atoms with E-state index in [-0.39, 0.29) is 11.6 Å². The van der Waals surface area contributed by atoms with Crippen LogP contribution >= 0.6 is 0 Å². The second-order valence-corrected chi connectivity index (χ2v) is 7.25. The van der Waals surface area contributed by atoms with Gasteiger partial charge < -0.3 is 23.7 Å². The number of carbonyl (C=O) groups excluding carboxylic acids is 1. The number of oxazole rings is 1. The van der Waals surface area contributed by atoms with Crippen molar-refractivity contribution in [2.45, 2.75) is 6.92 Å². The standard InChI is InChI=1S/C24H24N4O4/c1-3-31-20-10-6-18(7-11-20)23(29)27-12-14-28(15-13-27)24-21(16-25)26-22(32-24)17-4-8-19(30-2)9-5-17/h4-11H,3,12-15H2,1-2H3. The third-order valence-corrected chi connectivity index (χ3v) is 5.32. The molecule has 1 aliphatic rings. The van der Waals surface area contributed by atoms with Gasteiger partial charge in [0.05, 0.1) is 13.7 Å². The summed E-state index contributed by atoms with van der Waals surface area (Å²) in [6.07, 6.45) is 0. The molecule has 8 nitrogen and oxygen atoms in total. The first-order chi connectivity index (χ1) is 15.6. The number of hydrogen-bond acceptors (Lipinski definition) is 7. The first-order valence-corrected chi connectivity index (χ1v) is 10.5. The average molecular weight is 432 g/mol. The van der Waals surface area contributed by atoms with Crippen molar-refractivity contribution in [2.75, 3.05) is 44.8 Å². The molecule has 0 spiro atoms. The number of methoxy groups -OCH3 is 1. The van der Waals surface area contributed by atoms with Gasteiger partial charge in [0.15, 0.2) is 0 Å². The number of piperazine rings is 1. The van der Waals surface area contributed by atoms with E-state index in [0.717, 1.165) is 17.1 Å². The Hall–Kier alpha value is -3.99. The fourth-order valence-corrected chi connectivity index (χ4v) is 3.61. The summed E-state index contributed by atoms with van der Waals surface area (Å²) in [7, 11) is 1.60. The van der Waals surface area contributed by atoms with Crippen molar-refractivity contribution in [3.8, 4) is 29.0 Å². The molecule has 1 amide bonds. The highest BCUT2D eigenvalue weighted by atomic mass is 16.5. The largest absolute Gasteiger partial charge is 0.497 e. The minimum Gasteiger partial charge on any atom is -0.497 e. The van der Waals surface area contributed by atoms with E-state index in [2.05, 4.69) is 11.1 Å². The van der Waals surface area contributed by atoms with Crippen molar-refractivity contribution in [3.63, 3.8) is 0 Å². The first-order valence-electron chi connectivity index (χ1n) is 10.5. The monoisotopic (exact) mass is 432 g/mol. The molecule has 0 aliphatic carbocycles. The van der Waals surface area contributed by atoms with Gasteiger partial charge in [0.1, 0.15) is 17.6 Å². The Morgan fingerprint density at radius 2 is 1.72 bits per heavy atom. The molecular formula is C24H24N4O4. The van der Waals surface area contributed by atoms with Crippen LogP contribution in [-0.4, -0.2) is 55.7 Å². The zero-order valence-electron chi connectivity index (χ0n) is 18.1. The van der Waals surface area contributed by atoms with Crippen LogP contribution in [0.4, 0.5) is 5.88 Å². The minimum absolute atomic E-state index is 0.0234. The summed E-state index contributed by atoms with van der Waals surface area (Å²) < 4.78 is 16.6. The zero-order chi connectivity index (χ0) is 22.5. The highest BCUT2D eigenvalue weighted by molar-refractivity contribution is 5.94. The molecule has 0 bridgehead atoms. The van der Waals surface area contributed by atoms with Gasteiger partial charge in [-0.25, -0.2) is 0 Å². The molecule has 1 aliphatic heterocycles. The van der Waals surface area contributed by atoms with Gasteiger partial charge in [-0.2, -0.15) is 10.2 Å². The van der Waals surface area contributed by atoms with E-state index in [1.54, 1.807) is 36.3 Å². The van der Waals surface area contributed by atoms with Crippen LogP contribution < -0.4 is 14.4 Å². The normalized spacial score (nSPS) is 13.5. The van der Waals surface area contributed by atoms with Crippen molar-refractivity contribution in [1.82, 2.24) is 9.88 Å². The second kappa shape index (κ2) is 9.43. The molecule has 0 radical (unpaired) electrons. The Morgan fingerprint density at radius 1 is 1.06 bits per heavy atom. The molecule has 2 aromatic carbocycles. The lowest BCUT2D eigenvalue weighted by Gasteiger charge is -2.34. The molecule has 0 saturated carbocycles. The minimum atomic E-state index is -0.0234. The van der Waals surface area contributed by atoms with Crippen molar-refractivity contribution in [1.29, 1.82) is 5.26 Å². The molecule has 3 aromatic rings. The third kappa shape index (κ3) is 4.37. The Kier molecular flexibility index (Phi) is 6.26. The highest BCUT2D eigenvalue weighted by Gasteiger charge is 2.27. The molecule has 8 heteroatoms.